The molecule has 0 aliphatic heterocycles. The van der Waals surface area contributed by atoms with Crippen LogP contribution in [0.5, 0.6) is 0 Å². The highest BCUT2D eigenvalue weighted by atomic mass is 16.2. The number of hydrogen-bond donors (Lipinski definition) is 1. The largest absolute Gasteiger partial charge is 0.336 e. The number of pyridine rings is 1. The fourth-order valence-corrected chi connectivity index (χ4v) is 2.73. The van der Waals surface area contributed by atoms with Crippen molar-refractivity contribution >= 4 is 6.03 Å². The van der Waals surface area contributed by atoms with E-state index in [4.69, 9.17) is 0 Å². The van der Waals surface area contributed by atoms with E-state index >= 15 is 0 Å². The zero-order valence-corrected chi connectivity index (χ0v) is 14.9. The minimum Gasteiger partial charge on any atom is -0.336 e. The van der Waals surface area contributed by atoms with Crippen LogP contribution in [-0.4, -0.2) is 32.0 Å². The van der Waals surface area contributed by atoms with Gasteiger partial charge in [-0.3, -0.25) is 4.98 Å². The van der Waals surface area contributed by atoms with E-state index in [2.05, 4.69) is 34.3 Å². The lowest BCUT2D eigenvalue weighted by molar-refractivity contribution is 0.191. The molecule has 0 fully saturated rings. The molecule has 1 N–H and O–H groups in total. The lowest BCUT2D eigenvalue weighted by Gasteiger charge is -2.24. The maximum absolute atomic E-state index is 12.8. The first-order valence-corrected chi connectivity index (χ1v) is 8.64. The zero-order chi connectivity index (χ0) is 18.2. The van der Waals surface area contributed by atoms with Gasteiger partial charge in [-0.05, 0) is 29.7 Å². The van der Waals surface area contributed by atoms with Gasteiger partial charge < -0.3 is 14.8 Å². The molecule has 0 aliphatic rings. The summed E-state index contributed by atoms with van der Waals surface area (Å²) >= 11 is 0. The molecule has 0 radical (unpaired) electrons. The molecule has 0 saturated heterocycles. The molecular formula is C20H23N5O. The Balaban J connectivity index is 1.67. The molecule has 2 amide bonds. The van der Waals surface area contributed by atoms with Gasteiger partial charge in [0.1, 0.15) is 0 Å². The molecule has 0 unspecified atom stereocenters. The van der Waals surface area contributed by atoms with E-state index in [9.17, 15) is 4.79 Å². The Morgan fingerprint density at radius 2 is 2.00 bits per heavy atom. The first-order valence-electron chi connectivity index (χ1n) is 8.64. The smallest absolute Gasteiger partial charge is 0.318 e. The third-order valence-corrected chi connectivity index (χ3v) is 4.21. The van der Waals surface area contributed by atoms with Gasteiger partial charge in [-0.2, -0.15) is 0 Å². The third-order valence-electron chi connectivity index (χ3n) is 4.21. The summed E-state index contributed by atoms with van der Waals surface area (Å²) in [6.07, 6.45) is 8.89. The highest BCUT2D eigenvalue weighted by Crippen LogP contribution is 2.13. The number of nitrogens with one attached hydrogen (secondary N) is 1. The molecule has 6 heteroatoms. The Hall–Kier alpha value is -3.15. The minimum atomic E-state index is -0.0859. The number of carbonyl (C=O) groups excluding carboxylic acids is 1. The van der Waals surface area contributed by atoms with Gasteiger partial charge in [-0.1, -0.05) is 30.3 Å². The molecule has 6 nitrogen and oxygen atoms in total. The number of rotatable bonds is 7. The van der Waals surface area contributed by atoms with E-state index in [-0.39, 0.29) is 6.03 Å². The molecule has 134 valence electrons. The summed E-state index contributed by atoms with van der Waals surface area (Å²) in [4.78, 5) is 22.7. The fraction of sp³-hybridized carbons (Fsp3) is 0.250. The summed E-state index contributed by atoms with van der Waals surface area (Å²) in [6, 6.07) is 11.9. The Bertz CT molecular complexity index is 817. The average molecular weight is 349 g/mol. The standard InChI is InChI=1S/C20H23N5O/c1-17-5-2-3-7-19(17)15-25(14-18-6-4-8-21-13-18)20(26)23-10-12-24-11-9-22-16-24/h2-9,11,13,16H,10,12,14-15H2,1H3,(H,23,26). The van der Waals surface area contributed by atoms with Crippen molar-refractivity contribution in [1.29, 1.82) is 0 Å². The molecule has 2 aromatic heterocycles. The number of benzene rings is 1. The Kier molecular flexibility index (Phi) is 5.98. The van der Waals surface area contributed by atoms with E-state index in [1.165, 1.54) is 5.56 Å². The number of imidazole rings is 1. The van der Waals surface area contributed by atoms with Crippen LogP contribution < -0.4 is 5.32 Å². The number of aryl methyl sites for hydroxylation is 1. The molecule has 1 aromatic carbocycles. The van der Waals surface area contributed by atoms with Crippen molar-refractivity contribution in [2.45, 2.75) is 26.6 Å². The summed E-state index contributed by atoms with van der Waals surface area (Å²) < 4.78 is 1.94. The van der Waals surface area contributed by atoms with Gasteiger partial charge in [0.05, 0.1) is 6.33 Å². The highest BCUT2D eigenvalue weighted by molar-refractivity contribution is 5.74. The maximum atomic E-state index is 12.8. The van der Waals surface area contributed by atoms with Gasteiger partial charge in [-0.25, -0.2) is 9.78 Å². The van der Waals surface area contributed by atoms with Gasteiger partial charge in [0, 0.05) is 51.0 Å². The second kappa shape index (κ2) is 8.80. The number of carbonyl (C=O) groups is 1. The monoisotopic (exact) mass is 349 g/mol. The van der Waals surface area contributed by atoms with Crippen LogP contribution in [0.4, 0.5) is 4.79 Å². The predicted molar refractivity (Wildman–Crippen MR) is 100 cm³/mol. The lowest BCUT2D eigenvalue weighted by atomic mass is 10.1. The van der Waals surface area contributed by atoms with Crippen LogP contribution in [0.25, 0.3) is 0 Å². The SMILES string of the molecule is Cc1ccccc1CN(Cc1cccnc1)C(=O)NCCn1ccnc1. The number of hydrogen-bond acceptors (Lipinski definition) is 3. The van der Waals surface area contributed by atoms with Crippen LogP contribution >= 0.6 is 0 Å². The lowest BCUT2D eigenvalue weighted by Crippen LogP contribution is -2.40. The second-order valence-corrected chi connectivity index (χ2v) is 6.18. The van der Waals surface area contributed by atoms with Gasteiger partial charge >= 0.3 is 6.03 Å². The normalized spacial score (nSPS) is 10.5. The second-order valence-electron chi connectivity index (χ2n) is 6.18. The first kappa shape index (κ1) is 17.7. The van der Waals surface area contributed by atoms with Crippen molar-refractivity contribution in [2.75, 3.05) is 6.54 Å². The zero-order valence-electron chi connectivity index (χ0n) is 14.9. The molecule has 2 heterocycles. The summed E-state index contributed by atoms with van der Waals surface area (Å²) in [5, 5.41) is 3.00. The van der Waals surface area contributed by atoms with E-state index in [1.54, 1.807) is 24.9 Å². The average Bonchev–Trinajstić information content (AvgIpc) is 3.17. The van der Waals surface area contributed by atoms with E-state index in [0.29, 0.717) is 26.2 Å². The van der Waals surface area contributed by atoms with Crippen molar-refractivity contribution < 1.29 is 4.79 Å². The third kappa shape index (κ3) is 4.92. The molecule has 0 spiro atoms. The van der Waals surface area contributed by atoms with Gasteiger partial charge in [0.15, 0.2) is 0 Å². The predicted octanol–water partition coefficient (Wildman–Crippen LogP) is 3.00. The summed E-state index contributed by atoms with van der Waals surface area (Å²) in [7, 11) is 0. The molecule has 3 aromatic rings. The molecule has 0 bridgehead atoms. The van der Waals surface area contributed by atoms with E-state index < -0.39 is 0 Å². The van der Waals surface area contributed by atoms with Crippen molar-refractivity contribution in [3.63, 3.8) is 0 Å². The van der Waals surface area contributed by atoms with Crippen molar-refractivity contribution in [3.8, 4) is 0 Å². The molecular weight excluding hydrogens is 326 g/mol. The first-order chi connectivity index (χ1) is 12.7. The Morgan fingerprint density at radius 1 is 1.12 bits per heavy atom. The molecule has 0 atom stereocenters. The maximum Gasteiger partial charge on any atom is 0.318 e. The topological polar surface area (TPSA) is 63.1 Å². The Morgan fingerprint density at radius 3 is 2.73 bits per heavy atom. The molecule has 0 saturated carbocycles. The van der Waals surface area contributed by atoms with Crippen molar-refractivity contribution in [3.05, 3.63) is 84.2 Å². The van der Waals surface area contributed by atoms with Crippen LogP contribution in [0.15, 0.2) is 67.5 Å². The van der Waals surface area contributed by atoms with Crippen LogP contribution in [0.3, 0.4) is 0 Å². The van der Waals surface area contributed by atoms with Crippen molar-refractivity contribution in [1.82, 2.24) is 24.8 Å². The van der Waals surface area contributed by atoms with Crippen molar-refractivity contribution in [2.24, 2.45) is 0 Å². The summed E-state index contributed by atoms with van der Waals surface area (Å²) in [5.41, 5.74) is 3.32. The Labute approximate surface area is 153 Å². The van der Waals surface area contributed by atoms with Crippen LogP contribution in [0, 0.1) is 6.92 Å². The number of amides is 2. The summed E-state index contributed by atoms with van der Waals surface area (Å²) in [5.74, 6) is 0. The van der Waals surface area contributed by atoms with Crippen LogP contribution in [-0.2, 0) is 19.6 Å². The van der Waals surface area contributed by atoms with Gasteiger partial charge in [-0.15, -0.1) is 0 Å². The van der Waals surface area contributed by atoms with Gasteiger partial charge in [0.25, 0.3) is 0 Å². The number of urea groups is 1. The molecule has 3 rings (SSSR count). The van der Waals surface area contributed by atoms with E-state index in [0.717, 1.165) is 11.1 Å². The minimum absolute atomic E-state index is 0.0859. The molecule has 0 aliphatic carbocycles. The fourth-order valence-electron chi connectivity index (χ4n) is 2.73. The highest BCUT2D eigenvalue weighted by Gasteiger charge is 2.15. The van der Waals surface area contributed by atoms with Crippen LogP contribution in [0.1, 0.15) is 16.7 Å². The summed E-state index contributed by atoms with van der Waals surface area (Å²) in [6.45, 7) is 4.37. The molecule has 26 heavy (non-hydrogen) atoms. The van der Waals surface area contributed by atoms with Gasteiger partial charge in [0.2, 0.25) is 0 Å². The number of nitrogens with zero attached hydrogens (tertiary/aromatic N) is 4. The quantitative estimate of drug-likeness (QED) is 0.713. The van der Waals surface area contributed by atoms with E-state index in [1.807, 2.05) is 39.9 Å². The number of aromatic nitrogens is 3. The van der Waals surface area contributed by atoms with Crippen LogP contribution in [0.2, 0.25) is 0 Å².